The second-order valence-corrected chi connectivity index (χ2v) is 8.17. The normalized spacial score (nSPS) is 15.4. The van der Waals surface area contributed by atoms with E-state index in [-0.39, 0.29) is 35.1 Å². The van der Waals surface area contributed by atoms with Crippen molar-refractivity contribution < 1.29 is 31.5 Å². The van der Waals surface area contributed by atoms with Crippen molar-refractivity contribution in [3.63, 3.8) is 0 Å². The minimum absolute atomic E-state index is 0.0170. The molecule has 1 amide bonds. The van der Waals surface area contributed by atoms with Crippen LogP contribution >= 0.6 is 0 Å². The van der Waals surface area contributed by atoms with Gasteiger partial charge in [0.1, 0.15) is 17.0 Å². The van der Waals surface area contributed by atoms with Crippen LogP contribution in [-0.4, -0.2) is 49.4 Å². The fourth-order valence-corrected chi connectivity index (χ4v) is 4.30. The molecular formula is C24H17F3N6O4. The summed E-state index contributed by atoms with van der Waals surface area (Å²) in [6.45, 7) is 0.0966. The number of nitrogens with zero attached hydrogens (tertiary/aromatic N) is 5. The van der Waals surface area contributed by atoms with Crippen molar-refractivity contribution in [2.45, 2.75) is 18.9 Å². The number of methoxy groups -OCH3 is 1. The van der Waals surface area contributed by atoms with Gasteiger partial charge in [-0.05, 0) is 24.3 Å². The average Bonchev–Trinajstić information content (AvgIpc) is 3.66. The van der Waals surface area contributed by atoms with E-state index in [1.807, 2.05) is 0 Å². The number of rotatable bonds is 5. The first-order valence-electron chi connectivity index (χ1n) is 11.1. The lowest BCUT2D eigenvalue weighted by atomic mass is 10.0. The molecule has 1 aromatic carbocycles. The number of benzene rings is 1. The van der Waals surface area contributed by atoms with Crippen LogP contribution < -0.4 is 4.74 Å². The Hall–Kier alpha value is -4.68. The Morgan fingerprint density at radius 3 is 2.78 bits per heavy atom. The number of aromatic amines is 1. The van der Waals surface area contributed by atoms with Gasteiger partial charge < -0.3 is 23.5 Å². The summed E-state index contributed by atoms with van der Waals surface area (Å²) in [7, 11) is 1.46. The Morgan fingerprint density at radius 2 is 2.05 bits per heavy atom. The van der Waals surface area contributed by atoms with Gasteiger partial charge in [-0.15, -0.1) is 0 Å². The van der Waals surface area contributed by atoms with E-state index in [4.69, 9.17) is 13.6 Å². The van der Waals surface area contributed by atoms with Gasteiger partial charge in [0.25, 0.3) is 12.3 Å². The van der Waals surface area contributed by atoms with E-state index in [1.165, 1.54) is 42.7 Å². The molecule has 1 aliphatic heterocycles. The largest absolute Gasteiger partial charge is 0.495 e. The number of H-pyrrole nitrogens is 1. The lowest BCUT2D eigenvalue weighted by Crippen LogP contribution is -2.41. The molecule has 5 aromatic rings. The van der Waals surface area contributed by atoms with E-state index in [0.717, 1.165) is 0 Å². The van der Waals surface area contributed by atoms with Crippen LogP contribution in [0.15, 0.2) is 51.7 Å². The predicted molar refractivity (Wildman–Crippen MR) is 120 cm³/mol. The second kappa shape index (κ2) is 8.76. The van der Waals surface area contributed by atoms with Crippen LogP contribution in [0.25, 0.3) is 22.7 Å². The summed E-state index contributed by atoms with van der Waals surface area (Å²) in [5.41, 5.74) is 0.584. The molecule has 4 aromatic heterocycles. The number of pyridine rings is 1. The van der Waals surface area contributed by atoms with E-state index < -0.39 is 35.6 Å². The van der Waals surface area contributed by atoms with Crippen LogP contribution in [0.4, 0.5) is 13.2 Å². The summed E-state index contributed by atoms with van der Waals surface area (Å²) in [5.74, 6) is -1.96. The first kappa shape index (κ1) is 22.8. The predicted octanol–water partition coefficient (Wildman–Crippen LogP) is 4.47. The quantitative estimate of drug-likeness (QED) is 0.367. The molecule has 13 heteroatoms. The number of hydrogen-bond donors (Lipinski definition) is 1. The summed E-state index contributed by atoms with van der Waals surface area (Å²) >= 11 is 0. The van der Waals surface area contributed by atoms with Gasteiger partial charge in [0.05, 0.1) is 25.3 Å². The minimum atomic E-state index is -3.10. The van der Waals surface area contributed by atoms with E-state index in [0.29, 0.717) is 23.6 Å². The number of hydrogen-bond acceptors (Lipinski definition) is 8. The van der Waals surface area contributed by atoms with Gasteiger partial charge in [0.2, 0.25) is 17.5 Å². The van der Waals surface area contributed by atoms with Gasteiger partial charge in [-0.3, -0.25) is 4.79 Å². The highest BCUT2D eigenvalue weighted by molar-refractivity contribution is 5.93. The zero-order valence-electron chi connectivity index (χ0n) is 19.1. The molecule has 6 rings (SSSR count). The monoisotopic (exact) mass is 510 g/mol. The standard InChI is InChI=1S/C24H17F3N6O4/c1-35-11-5-6-15(28-9-11)22-32-17(21(26)27)20(37-22)24(34)33-8-7-13-16(30-10-29-13)18(33)23-31-14-4-2-3-12(25)19(14)36-23/h2-6,9-10,18,21H,7-8H2,1H3,(H,29,30)/t18-/m0/s1. The van der Waals surface area contributed by atoms with Crippen molar-refractivity contribution in [2.75, 3.05) is 13.7 Å². The van der Waals surface area contributed by atoms with Crippen molar-refractivity contribution in [1.29, 1.82) is 0 Å². The lowest BCUT2D eigenvalue weighted by Gasteiger charge is -2.32. The fraction of sp³-hybridized carbons (Fsp3) is 0.208. The highest BCUT2D eigenvalue weighted by atomic mass is 19.3. The molecule has 0 radical (unpaired) electrons. The number of para-hydroxylation sites is 1. The lowest BCUT2D eigenvalue weighted by molar-refractivity contribution is 0.0621. The summed E-state index contributed by atoms with van der Waals surface area (Å²) < 4.78 is 58.6. The molecule has 10 nitrogen and oxygen atoms in total. The number of fused-ring (bicyclic) bond motifs is 2. The molecule has 188 valence electrons. The first-order chi connectivity index (χ1) is 17.9. The van der Waals surface area contributed by atoms with Gasteiger partial charge >= 0.3 is 0 Å². The number of oxazole rings is 2. The van der Waals surface area contributed by atoms with E-state index in [9.17, 15) is 18.0 Å². The maximum atomic E-state index is 14.3. The zero-order chi connectivity index (χ0) is 25.7. The highest BCUT2D eigenvalue weighted by Gasteiger charge is 2.41. The topological polar surface area (TPSA) is 123 Å². The molecule has 0 spiro atoms. The van der Waals surface area contributed by atoms with Crippen LogP contribution in [0, 0.1) is 5.82 Å². The molecular weight excluding hydrogens is 493 g/mol. The number of halogens is 3. The summed E-state index contributed by atoms with van der Waals surface area (Å²) in [5, 5.41) is 0. The highest BCUT2D eigenvalue weighted by Crippen LogP contribution is 2.37. The molecule has 5 heterocycles. The maximum Gasteiger partial charge on any atom is 0.292 e. The van der Waals surface area contributed by atoms with Crippen LogP contribution in [-0.2, 0) is 6.42 Å². The van der Waals surface area contributed by atoms with Crippen molar-refractivity contribution in [3.8, 4) is 17.3 Å². The molecule has 0 bridgehead atoms. The number of carbonyl (C=O) groups is 1. The molecule has 0 saturated heterocycles. The number of carbonyl (C=O) groups excluding carboxylic acids is 1. The second-order valence-electron chi connectivity index (χ2n) is 8.17. The Kier molecular flexibility index (Phi) is 5.39. The van der Waals surface area contributed by atoms with Crippen LogP contribution in [0.2, 0.25) is 0 Å². The maximum absolute atomic E-state index is 14.3. The van der Waals surface area contributed by atoms with Gasteiger partial charge in [-0.1, -0.05) is 6.07 Å². The third kappa shape index (κ3) is 3.79. The zero-order valence-corrected chi connectivity index (χ0v) is 19.1. The Labute approximate surface area is 206 Å². The minimum Gasteiger partial charge on any atom is -0.495 e. The molecule has 0 aliphatic carbocycles. The fourth-order valence-electron chi connectivity index (χ4n) is 4.30. The van der Waals surface area contributed by atoms with Crippen molar-refractivity contribution in [3.05, 3.63) is 77.4 Å². The van der Waals surface area contributed by atoms with Crippen molar-refractivity contribution in [1.82, 2.24) is 29.8 Å². The first-order valence-corrected chi connectivity index (χ1v) is 11.1. The Balaban J connectivity index is 1.43. The molecule has 37 heavy (non-hydrogen) atoms. The third-order valence-electron chi connectivity index (χ3n) is 6.05. The third-order valence-corrected chi connectivity index (χ3v) is 6.05. The average molecular weight is 510 g/mol. The van der Waals surface area contributed by atoms with Gasteiger partial charge in [0.15, 0.2) is 23.1 Å². The Morgan fingerprint density at radius 1 is 1.19 bits per heavy atom. The SMILES string of the molecule is COc1ccc(-c2nc(C(F)F)c(C(=O)N3CCc4[nH]cnc4[C@H]3c3nc4cccc(F)c4o3)o2)nc1. The summed E-state index contributed by atoms with van der Waals surface area (Å²) in [4.78, 5) is 34.6. The molecule has 1 N–H and O–H groups in total. The molecule has 0 unspecified atom stereocenters. The van der Waals surface area contributed by atoms with Crippen LogP contribution in [0.3, 0.4) is 0 Å². The molecule has 0 saturated carbocycles. The van der Waals surface area contributed by atoms with Gasteiger partial charge in [-0.2, -0.15) is 0 Å². The number of alkyl halides is 2. The molecule has 1 aliphatic rings. The molecule has 1 atom stereocenters. The van der Waals surface area contributed by atoms with Crippen molar-refractivity contribution in [2.24, 2.45) is 0 Å². The summed E-state index contributed by atoms with van der Waals surface area (Å²) in [6.07, 6.45) is 0.0747. The van der Waals surface area contributed by atoms with E-state index in [1.54, 1.807) is 12.1 Å². The van der Waals surface area contributed by atoms with Crippen LogP contribution in [0.5, 0.6) is 5.75 Å². The van der Waals surface area contributed by atoms with Crippen molar-refractivity contribution >= 4 is 17.0 Å². The van der Waals surface area contributed by atoms with Gasteiger partial charge in [0, 0.05) is 18.7 Å². The Bertz CT molecular complexity index is 1610. The number of amides is 1. The van der Waals surface area contributed by atoms with E-state index >= 15 is 0 Å². The smallest absolute Gasteiger partial charge is 0.292 e. The summed E-state index contributed by atoms with van der Waals surface area (Å²) in [6, 6.07) is 6.27. The van der Waals surface area contributed by atoms with Gasteiger partial charge in [-0.25, -0.2) is 33.1 Å². The number of nitrogens with one attached hydrogen (secondary N) is 1. The number of imidazole rings is 1. The number of aromatic nitrogens is 5. The van der Waals surface area contributed by atoms with E-state index in [2.05, 4.69) is 24.9 Å². The van der Waals surface area contributed by atoms with Crippen LogP contribution in [0.1, 0.15) is 46.0 Å². The number of ether oxygens (including phenoxy) is 1. The molecule has 0 fully saturated rings.